The molecular formula is C19H22N4O. The second kappa shape index (κ2) is 5.91. The van der Waals surface area contributed by atoms with Crippen LogP contribution in [0.2, 0.25) is 0 Å². The molecule has 0 spiro atoms. The van der Waals surface area contributed by atoms with Crippen LogP contribution < -0.4 is 5.56 Å². The zero-order chi connectivity index (χ0) is 16.7. The molecule has 0 radical (unpaired) electrons. The molecule has 1 atom stereocenters. The first-order chi connectivity index (χ1) is 11.6. The van der Waals surface area contributed by atoms with Gasteiger partial charge in [-0.05, 0) is 50.6 Å². The molecule has 5 heteroatoms. The monoisotopic (exact) mass is 322 g/mol. The van der Waals surface area contributed by atoms with Crippen LogP contribution in [0.4, 0.5) is 0 Å². The maximum absolute atomic E-state index is 12.5. The standard InChI is InChI=1S/C19H22N4O/c1-14-6-3-9-18-20-15(12-19(24)23(14)18)13-22-11-5-8-17(22)16-7-4-10-21(16)2/h3-4,6-7,9-10,12,17H,5,8,11,13H2,1-2H3/t17-/m1/s1. The van der Waals surface area contributed by atoms with Crippen molar-refractivity contribution in [3.8, 4) is 0 Å². The van der Waals surface area contributed by atoms with Crippen LogP contribution in [0.3, 0.4) is 0 Å². The molecule has 1 saturated heterocycles. The Morgan fingerprint density at radius 1 is 1.25 bits per heavy atom. The first-order valence-electron chi connectivity index (χ1n) is 8.47. The Morgan fingerprint density at radius 3 is 2.92 bits per heavy atom. The lowest BCUT2D eigenvalue weighted by Crippen LogP contribution is -2.26. The minimum Gasteiger partial charge on any atom is -0.353 e. The van der Waals surface area contributed by atoms with Gasteiger partial charge in [-0.25, -0.2) is 4.98 Å². The van der Waals surface area contributed by atoms with Crippen molar-refractivity contribution in [2.24, 2.45) is 7.05 Å². The van der Waals surface area contributed by atoms with E-state index in [0.29, 0.717) is 6.04 Å². The van der Waals surface area contributed by atoms with Gasteiger partial charge in [0.1, 0.15) is 5.65 Å². The van der Waals surface area contributed by atoms with Gasteiger partial charge >= 0.3 is 0 Å². The number of fused-ring (bicyclic) bond motifs is 1. The van der Waals surface area contributed by atoms with Crippen molar-refractivity contribution in [1.29, 1.82) is 0 Å². The highest BCUT2D eigenvalue weighted by molar-refractivity contribution is 5.40. The van der Waals surface area contributed by atoms with E-state index in [9.17, 15) is 4.79 Å². The third-order valence-corrected chi connectivity index (χ3v) is 4.99. The molecule has 0 unspecified atom stereocenters. The summed E-state index contributed by atoms with van der Waals surface area (Å²) in [6.45, 7) is 3.70. The quantitative estimate of drug-likeness (QED) is 0.744. The molecule has 1 aliphatic heterocycles. The molecule has 0 amide bonds. The van der Waals surface area contributed by atoms with Crippen LogP contribution in [0.5, 0.6) is 0 Å². The molecule has 0 N–H and O–H groups in total. The molecule has 124 valence electrons. The van der Waals surface area contributed by atoms with Crippen LogP contribution in [0.15, 0.2) is 47.4 Å². The number of aromatic nitrogens is 3. The number of likely N-dealkylation sites (tertiary alicyclic amines) is 1. The Labute approximate surface area is 141 Å². The van der Waals surface area contributed by atoms with E-state index in [1.807, 2.05) is 25.1 Å². The lowest BCUT2D eigenvalue weighted by atomic mass is 10.1. The molecule has 0 aliphatic carbocycles. The lowest BCUT2D eigenvalue weighted by molar-refractivity contribution is 0.238. The van der Waals surface area contributed by atoms with Crippen molar-refractivity contribution in [1.82, 2.24) is 18.9 Å². The molecule has 4 rings (SSSR count). The maximum Gasteiger partial charge on any atom is 0.258 e. The number of pyridine rings is 1. The minimum atomic E-state index is 0.00251. The summed E-state index contributed by atoms with van der Waals surface area (Å²) < 4.78 is 3.86. The smallest absolute Gasteiger partial charge is 0.258 e. The van der Waals surface area contributed by atoms with E-state index in [1.54, 1.807) is 10.5 Å². The van der Waals surface area contributed by atoms with E-state index in [2.05, 4.69) is 34.8 Å². The molecule has 3 aromatic heterocycles. The van der Waals surface area contributed by atoms with E-state index in [0.717, 1.165) is 36.5 Å². The Balaban J connectivity index is 1.67. The van der Waals surface area contributed by atoms with E-state index < -0.39 is 0 Å². The van der Waals surface area contributed by atoms with Crippen molar-refractivity contribution in [2.75, 3.05) is 6.54 Å². The van der Waals surface area contributed by atoms with Crippen LogP contribution in [-0.4, -0.2) is 25.4 Å². The first kappa shape index (κ1) is 15.1. The fourth-order valence-electron chi connectivity index (χ4n) is 3.82. The fraction of sp³-hybridized carbons (Fsp3) is 0.368. The van der Waals surface area contributed by atoms with Crippen LogP contribution in [0.25, 0.3) is 5.65 Å². The average molecular weight is 322 g/mol. The van der Waals surface area contributed by atoms with Crippen molar-refractivity contribution in [2.45, 2.75) is 32.4 Å². The van der Waals surface area contributed by atoms with Crippen molar-refractivity contribution in [3.05, 3.63) is 70.0 Å². The maximum atomic E-state index is 12.5. The van der Waals surface area contributed by atoms with Gasteiger partial charge in [0.05, 0.1) is 11.7 Å². The predicted octanol–water partition coefficient (Wildman–Crippen LogP) is 2.68. The highest BCUT2D eigenvalue weighted by Crippen LogP contribution is 2.32. The van der Waals surface area contributed by atoms with Gasteiger partial charge in [-0.2, -0.15) is 0 Å². The molecule has 3 aromatic rings. The molecular weight excluding hydrogens is 300 g/mol. The Bertz CT molecular complexity index is 940. The highest BCUT2D eigenvalue weighted by Gasteiger charge is 2.28. The van der Waals surface area contributed by atoms with Crippen LogP contribution >= 0.6 is 0 Å². The number of hydrogen-bond donors (Lipinski definition) is 0. The molecule has 0 bridgehead atoms. The van der Waals surface area contributed by atoms with Gasteiger partial charge in [-0.1, -0.05) is 6.07 Å². The summed E-state index contributed by atoms with van der Waals surface area (Å²) in [6.07, 6.45) is 4.43. The Kier molecular flexibility index (Phi) is 3.73. The second-order valence-electron chi connectivity index (χ2n) is 6.62. The van der Waals surface area contributed by atoms with Gasteiger partial charge in [0.25, 0.3) is 5.56 Å². The third-order valence-electron chi connectivity index (χ3n) is 4.99. The summed E-state index contributed by atoms with van der Waals surface area (Å²) in [5, 5.41) is 0. The van der Waals surface area contributed by atoms with Crippen molar-refractivity contribution in [3.63, 3.8) is 0 Å². The molecule has 5 nitrogen and oxygen atoms in total. The van der Waals surface area contributed by atoms with Gasteiger partial charge in [-0.3, -0.25) is 14.1 Å². The first-order valence-corrected chi connectivity index (χ1v) is 8.47. The van der Waals surface area contributed by atoms with Gasteiger partial charge < -0.3 is 4.57 Å². The predicted molar refractivity (Wildman–Crippen MR) is 94.0 cm³/mol. The van der Waals surface area contributed by atoms with Gasteiger partial charge in [0.2, 0.25) is 0 Å². The normalized spacial score (nSPS) is 18.5. The molecule has 1 fully saturated rings. The van der Waals surface area contributed by atoms with E-state index in [1.165, 1.54) is 12.1 Å². The zero-order valence-electron chi connectivity index (χ0n) is 14.1. The molecule has 0 aromatic carbocycles. The lowest BCUT2D eigenvalue weighted by Gasteiger charge is -2.24. The molecule has 0 saturated carbocycles. The second-order valence-corrected chi connectivity index (χ2v) is 6.62. The van der Waals surface area contributed by atoms with E-state index in [-0.39, 0.29) is 5.56 Å². The number of hydrogen-bond acceptors (Lipinski definition) is 3. The van der Waals surface area contributed by atoms with Crippen molar-refractivity contribution >= 4 is 5.65 Å². The minimum absolute atomic E-state index is 0.00251. The number of rotatable bonds is 3. The molecule has 4 heterocycles. The van der Waals surface area contributed by atoms with Gasteiger partial charge in [0, 0.05) is 37.2 Å². The van der Waals surface area contributed by atoms with Crippen LogP contribution in [0.1, 0.15) is 36.0 Å². The highest BCUT2D eigenvalue weighted by atomic mass is 16.1. The Hall–Kier alpha value is -2.40. The summed E-state index contributed by atoms with van der Waals surface area (Å²) in [6, 6.07) is 12.1. The SMILES string of the molecule is Cc1cccc2nc(CN3CCC[C@@H]3c3cccn3C)cc(=O)n12. The summed E-state index contributed by atoms with van der Waals surface area (Å²) in [4.78, 5) is 19.6. The number of nitrogens with zero attached hydrogens (tertiary/aromatic N) is 4. The fourth-order valence-corrected chi connectivity index (χ4v) is 3.82. The molecule has 1 aliphatic rings. The summed E-state index contributed by atoms with van der Waals surface area (Å²) in [5.74, 6) is 0. The van der Waals surface area contributed by atoms with Crippen LogP contribution in [0, 0.1) is 6.92 Å². The summed E-state index contributed by atoms with van der Waals surface area (Å²) >= 11 is 0. The molecule has 24 heavy (non-hydrogen) atoms. The van der Waals surface area contributed by atoms with Crippen LogP contribution in [-0.2, 0) is 13.6 Å². The largest absolute Gasteiger partial charge is 0.353 e. The van der Waals surface area contributed by atoms with E-state index >= 15 is 0 Å². The summed E-state index contributed by atoms with van der Waals surface area (Å²) in [7, 11) is 2.09. The summed E-state index contributed by atoms with van der Waals surface area (Å²) in [5.41, 5.74) is 3.84. The Morgan fingerprint density at radius 2 is 2.12 bits per heavy atom. The topological polar surface area (TPSA) is 42.5 Å². The zero-order valence-corrected chi connectivity index (χ0v) is 14.1. The van der Waals surface area contributed by atoms with E-state index in [4.69, 9.17) is 4.98 Å². The third kappa shape index (κ3) is 2.55. The van der Waals surface area contributed by atoms with Gasteiger partial charge in [0.15, 0.2) is 0 Å². The van der Waals surface area contributed by atoms with Crippen molar-refractivity contribution < 1.29 is 0 Å². The number of aryl methyl sites for hydroxylation is 2. The van der Waals surface area contributed by atoms with Gasteiger partial charge in [-0.15, -0.1) is 0 Å². The average Bonchev–Trinajstić information content (AvgIpc) is 3.15.